The lowest BCUT2D eigenvalue weighted by atomic mass is 10.0. The number of carbonyl (C=O) groups is 1. The van der Waals surface area contributed by atoms with Crippen LogP contribution in [0.25, 0.3) is 0 Å². The molecule has 0 radical (unpaired) electrons. The highest BCUT2D eigenvalue weighted by molar-refractivity contribution is 5.95. The van der Waals surface area contributed by atoms with Gasteiger partial charge in [0.2, 0.25) is 0 Å². The Balaban J connectivity index is 2.32. The van der Waals surface area contributed by atoms with E-state index in [9.17, 15) is 14.9 Å². The summed E-state index contributed by atoms with van der Waals surface area (Å²) in [5, 5.41) is 14.5. The number of carbonyl (C=O) groups excluding carboxylic acids is 1. The Morgan fingerprint density at radius 1 is 1.25 bits per heavy atom. The van der Waals surface area contributed by atoms with Crippen molar-refractivity contribution >= 4 is 17.2 Å². The van der Waals surface area contributed by atoms with Crippen LogP contribution in [0.5, 0.6) is 5.75 Å². The van der Waals surface area contributed by atoms with Crippen LogP contribution < -0.4 is 10.1 Å². The lowest BCUT2D eigenvalue weighted by Gasteiger charge is -2.19. The van der Waals surface area contributed by atoms with Gasteiger partial charge in [-0.05, 0) is 43.2 Å². The molecule has 6 nitrogen and oxygen atoms in total. The SMILES string of the molecule is CC[C@H](Nc1ccc(C(C)=O)cc1[N+](=O)[O-])c1ccc(OC)cc1. The minimum Gasteiger partial charge on any atom is -0.497 e. The zero-order chi connectivity index (χ0) is 17.7. The molecule has 126 valence electrons. The van der Waals surface area contributed by atoms with E-state index in [2.05, 4.69) is 5.32 Å². The van der Waals surface area contributed by atoms with E-state index in [0.717, 1.165) is 17.7 Å². The maximum absolute atomic E-state index is 11.4. The molecule has 0 saturated heterocycles. The number of nitrogens with zero attached hydrogens (tertiary/aromatic N) is 1. The van der Waals surface area contributed by atoms with E-state index in [1.807, 2.05) is 31.2 Å². The van der Waals surface area contributed by atoms with Crippen molar-refractivity contribution in [3.05, 3.63) is 63.7 Å². The summed E-state index contributed by atoms with van der Waals surface area (Å²) in [6.07, 6.45) is 0.748. The fourth-order valence-electron chi connectivity index (χ4n) is 2.47. The normalized spacial score (nSPS) is 11.6. The van der Waals surface area contributed by atoms with Gasteiger partial charge in [-0.15, -0.1) is 0 Å². The van der Waals surface area contributed by atoms with Gasteiger partial charge < -0.3 is 10.1 Å². The summed E-state index contributed by atoms with van der Waals surface area (Å²) < 4.78 is 5.15. The summed E-state index contributed by atoms with van der Waals surface area (Å²) in [7, 11) is 1.60. The van der Waals surface area contributed by atoms with Gasteiger partial charge in [-0.2, -0.15) is 0 Å². The van der Waals surface area contributed by atoms with Crippen molar-refractivity contribution < 1.29 is 14.5 Å². The Labute approximate surface area is 140 Å². The number of benzene rings is 2. The lowest BCUT2D eigenvalue weighted by Crippen LogP contribution is -2.11. The van der Waals surface area contributed by atoms with Gasteiger partial charge >= 0.3 is 0 Å². The second kappa shape index (κ2) is 7.59. The highest BCUT2D eigenvalue weighted by Gasteiger charge is 2.19. The summed E-state index contributed by atoms with van der Waals surface area (Å²) in [6.45, 7) is 3.38. The highest BCUT2D eigenvalue weighted by atomic mass is 16.6. The predicted octanol–water partition coefficient (Wildman–Crippen LogP) is 4.37. The first kappa shape index (κ1) is 17.5. The molecule has 0 aliphatic heterocycles. The van der Waals surface area contributed by atoms with E-state index >= 15 is 0 Å². The molecule has 2 aromatic rings. The number of nitro groups is 1. The molecule has 2 aromatic carbocycles. The molecule has 0 spiro atoms. The lowest BCUT2D eigenvalue weighted by molar-refractivity contribution is -0.384. The van der Waals surface area contributed by atoms with Gasteiger partial charge in [0.25, 0.3) is 5.69 Å². The van der Waals surface area contributed by atoms with Crippen LogP contribution in [0.15, 0.2) is 42.5 Å². The summed E-state index contributed by atoms with van der Waals surface area (Å²) in [4.78, 5) is 22.3. The van der Waals surface area contributed by atoms with Crippen LogP contribution in [-0.2, 0) is 0 Å². The van der Waals surface area contributed by atoms with Crippen LogP contribution in [0, 0.1) is 10.1 Å². The maximum Gasteiger partial charge on any atom is 0.293 e. The van der Waals surface area contributed by atoms with Crippen molar-refractivity contribution in [1.82, 2.24) is 0 Å². The number of nitrogens with one attached hydrogen (secondary N) is 1. The third kappa shape index (κ3) is 3.90. The molecule has 6 heteroatoms. The molecular formula is C18H20N2O4. The molecule has 1 N–H and O–H groups in total. The van der Waals surface area contributed by atoms with Gasteiger partial charge in [0, 0.05) is 11.6 Å². The number of hydrogen-bond donors (Lipinski definition) is 1. The van der Waals surface area contributed by atoms with E-state index in [-0.39, 0.29) is 17.5 Å². The van der Waals surface area contributed by atoms with E-state index < -0.39 is 4.92 Å². The molecule has 0 aliphatic carbocycles. The largest absolute Gasteiger partial charge is 0.497 e. The van der Waals surface area contributed by atoms with Gasteiger partial charge in [0.1, 0.15) is 11.4 Å². The number of ketones is 1. The molecule has 0 heterocycles. The summed E-state index contributed by atoms with van der Waals surface area (Å²) in [5.41, 5.74) is 1.62. The van der Waals surface area contributed by atoms with Gasteiger partial charge in [0.05, 0.1) is 18.1 Å². The first-order valence-electron chi connectivity index (χ1n) is 7.66. The number of Topliss-reactive ketones (excluding diaryl/α,β-unsaturated/α-hetero) is 1. The van der Waals surface area contributed by atoms with Crippen LogP contribution in [0.4, 0.5) is 11.4 Å². The number of methoxy groups -OCH3 is 1. The van der Waals surface area contributed by atoms with Crippen LogP contribution in [0.1, 0.15) is 42.2 Å². The molecule has 0 bridgehead atoms. The Morgan fingerprint density at radius 3 is 2.42 bits per heavy atom. The molecule has 24 heavy (non-hydrogen) atoms. The average molecular weight is 328 g/mol. The van der Waals surface area contributed by atoms with Gasteiger partial charge in [-0.1, -0.05) is 19.1 Å². The topological polar surface area (TPSA) is 81.5 Å². The van der Waals surface area contributed by atoms with Crippen LogP contribution in [0.2, 0.25) is 0 Å². The maximum atomic E-state index is 11.4. The van der Waals surface area contributed by atoms with Crippen molar-refractivity contribution in [2.24, 2.45) is 0 Å². The monoisotopic (exact) mass is 328 g/mol. The molecule has 2 rings (SSSR count). The minimum atomic E-state index is -0.477. The smallest absolute Gasteiger partial charge is 0.293 e. The van der Waals surface area contributed by atoms with Crippen molar-refractivity contribution in [3.63, 3.8) is 0 Å². The Hall–Kier alpha value is -2.89. The number of hydrogen-bond acceptors (Lipinski definition) is 5. The van der Waals surface area contributed by atoms with Gasteiger partial charge in [-0.3, -0.25) is 14.9 Å². The van der Waals surface area contributed by atoms with Gasteiger partial charge in [0.15, 0.2) is 5.78 Å². The van der Waals surface area contributed by atoms with Crippen molar-refractivity contribution in [2.75, 3.05) is 12.4 Å². The summed E-state index contributed by atoms with van der Waals surface area (Å²) in [6, 6.07) is 12.0. The molecule has 0 aromatic heterocycles. The molecule has 0 fully saturated rings. The molecule has 0 saturated carbocycles. The first-order valence-corrected chi connectivity index (χ1v) is 7.66. The van der Waals surface area contributed by atoms with Crippen molar-refractivity contribution in [3.8, 4) is 5.75 Å². The Kier molecular flexibility index (Phi) is 5.52. The zero-order valence-electron chi connectivity index (χ0n) is 13.9. The standard InChI is InChI=1S/C18H20N2O4/c1-4-16(13-5-8-15(24-3)9-6-13)19-17-10-7-14(12(2)21)11-18(17)20(22)23/h5-11,16,19H,4H2,1-3H3/t16-/m0/s1. The van der Waals surface area contributed by atoms with Crippen LogP contribution in [-0.4, -0.2) is 17.8 Å². The van der Waals surface area contributed by atoms with Gasteiger partial charge in [-0.25, -0.2) is 0 Å². The molecule has 0 aliphatic rings. The number of nitro benzene ring substituents is 1. The quantitative estimate of drug-likeness (QED) is 0.464. The average Bonchev–Trinajstić information content (AvgIpc) is 2.59. The van der Waals surface area contributed by atoms with E-state index in [1.165, 1.54) is 13.0 Å². The third-order valence-electron chi connectivity index (χ3n) is 3.86. The Morgan fingerprint density at radius 2 is 1.92 bits per heavy atom. The predicted molar refractivity (Wildman–Crippen MR) is 92.7 cm³/mol. The Bertz CT molecular complexity index is 741. The third-order valence-corrected chi connectivity index (χ3v) is 3.86. The number of anilines is 1. The van der Waals surface area contributed by atoms with E-state index in [4.69, 9.17) is 4.74 Å². The summed E-state index contributed by atoms with van der Waals surface area (Å²) in [5.74, 6) is 0.553. The second-order valence-corrected chi connectivity index (χ2v) is 5.42. The molecule has 0 amide bonds. The number of ether oxygens (including phenoxy) is 1. The van der Waals surface area contributed by atoms with Crippen LogP contribution >= 0.6 is 0 Å². The summed E-state index contributed by atoms with van der Waals surface area (Å²) >= 11 is 0. The van der Waals surface area contributed by atoms with Crippen molar-refractivity contribution in [1.29, 1.82) is 0 Å². The second-order valence-electron chi connectivity index (χ2n) is 5.42. The first-order chi connectivity index (χ1) is 11.5. The van der Waals surface area contributed by atoms with Crippen LogP contribution in [0.3, 0.4) is 0 Å². The highest BCUT2D eigenvalue weighted by Crippen LogP contribution is 2.31. The fraction of sp³-hybridized carbons (Fsp3) is 0.278. The van der Waals surface area contributed by atoms with Crippen molar-refractivity contribution in [2.45, 2.75) is 26.3 Å². The van der Waals surface area contributed by atoms with E-state index in [1.54, 1.807) is 19.2 Å². The minimum absolute atomic E-state index is 0.0854. The molecular weight excluding hydrogens is 308 g/mol. The van der Waals surface area contributed by atoms with E-state index in [0.29, 0.717) is 11.3 Å². The molecule has 1 atom stereocenters. The molecule has 0 unspecified atom stereocenters. The zero-order valence-corrected chi connectivity index (χ0v) is 13.9. The number of rotatable bonds is 7. The fourth-order valence-corrected chi connectivity index (χ4v) is 2.47.